The Morgan fingerprint density at radius 2 is 1.97 bits per heavy atom. The number of aryl methyl sites for hydroxylation is 1. The minimum Gasteiger partial charge on any atom is -0.478 e. The lowest BCUT2D eigenvalue weighted by molar-refractivity contribution is -0.118. The summed E-state index contributed by atoms with van der Waals surface area (Å²) >= 11 is 6.64. The molecule has 1 saturated carbocycles. The predicted octanol–water partition coefficient (Wildman–Crippen LogP) is 5.58. The van der Waals surface area contributed by atoms with Crippen molar-refractivity contribution in [3.05, 3.63) is 100 Å². The van der Waals surface area contributed by atoms with Crippen LogP contribution in [0, 0.1) is 6.92 Å². The van der Waals surface area contributed by atoms with Crippen LogP contribution in [0.3, 0.4) is 0 Å². The molecule has 1 aliphatic heterocycles. The van der Waals surface area contributed by atoms with Gasteiger partial charge < -0.3 is 10.4 Å². The number of nitrogens with zero attached hydrogens (tertiary/aromatic N) is 2. The van der Waals surface area contributed by atoms with Crippen molar-refractivity contribution in [3.63, 3.8) is 0 Å². The Kier molecular flexibility index (Phi) is 4.44. The van der Waals surface area contributed by atoms with Crippen molar-refractivity contribution in [2.45, 2.75) is 24.7 Å². The second-order valence-electron chi connectivity index (χ2n) is 8.94. The number of carboxylic acids is 1. The van der Waals surface area contributed by atoms with E-state index < -0.39 is 11.4 Å². The summed E-state index contributed by atoms with van der Waals surface area (Å²) in [6, 6.07) is 19.1. The number of anilines is 1. The number of rotatable bonds is 4. The van der Waals surface area contributed by atoms with Crippen molar-refractivity contribution >= 4 is 29.2 Å². The second-order valence-corrected chi connectivity index (χ2v) is 9.34. The molecule has 2 atom stereocenters. The zero-order valence-electron chi connectivity index (χ0n) is 18.2. The summed E-state index contributed by atoms with van der Waals surface area (Å²) in [5.74, 6) is -1.10. The third kappa shape index (κ3) is 2.99. The smallest absolute Gasteiger partial charge is 0.335 e. The molecule has 1 amide bonds. The number of halogens is 1. The van der Waals surface area contributed by atoms with E-state index in [1.165, 1.54) is 0 Å². The minimum absolute atomic E-state index is 0.0628. The zero-order valence-corrected chi connectivity index (χ0v) is 19.0. The van der Waals surface area contributed by atoms with Crippen LogP contribution in [0.5, 0.6) is 0 Å². The van der Waals surface area contributed by atoms with E-state index in [0.717, 1.165) is 33.6 Å². The lowest BCUT2D eigenvalue weighted by atomic mass is 9.89. The largest absolute Gasteiger partial charge is 0.478 e. The Bertz CT molecular complexity index is 1480. The molecule has 1 aromatic heterocycles. The van der Waals surface area contributed by atoms with Gasteiger partial charge in [-0.25, -0.2) is 9.48 Å². The molecule has 3 aromatic carbocycles. The molecule has 4 aromatic rings. The van der Waals surface area contributed by atoms with Gasteiger partial charge in [-0.1, -0.05) is 35.9 Å². The fraction of sp³-hybridized carbons (Fsp3) is 0.148. The van der Waals surface area contributed by atoms with Crippen LogP contribution in [-0.4, -0.2) is 26.8 Å². The number of hydrogen-bond acceptors (Lipinski definition) is 3. The van der Waals surface area contributed by atoms with Gasteiger partial charge in [-0.3, -0.25) is 4.79 Å². The van der Waals surface area contributed by atoms with Gasteiger partial charge in [0.1, 0.15) is 0 Å². The fourth-order valence-corrected chi connectivity index (χ4v) is 5.41. The highest BCUT2D eigenvalue weighted by Crippen LogP contribution is 2.65. The van der Waals surface area contributed by atoms with Crippen molar-refractivity contribution in [2.75, 3.05) is 5.32 Å². The molecule has 34 heavy (non-hydrogen) atoms. The highest BCUT2D eigenvalue weighted by Gasteiger charge is 2.65. The number of fused-ring (bicyclic) bond motifs is 2. The van der Waals surface area contributed by atoms with E-state index >= 15 is 0 Å². The van der Waals surface area contributed by atoms with Crippen molar-refractivity contribution in [2.24, 2.45) is 0 Å². The van der Waals surface area contributed by atoms with E-state index in [1.807, 2.05) is 60.8 Å². The highest BCUT2D eigenvalue weighted by atomic mass is 35.5. The van der Waals surface area contributed by atoms with Gasteiger partial charge in [0.05, 0.1) is 21.7 Å². The van der Waals surface area contributed by atoms with Gasteiger partial charge in [0.2, 0.25) is 5.91 Å². The van der Waals surface area contributed by atoms with Crippen LogP contribution >= 0.6 is 11.6 Å². The van der Waals surface area contributed by atoms with Gasteiger partial charge in [0, 0.05) is 29.6 Å². The first-order valence-electron chi connectivity index (χ1n) is 11.0. The molecule has 0 radical (unpaired) electrons. The quantitative estimate of drug-likeness (QED) is 0.409. The summed E-state index contributed by atoms with van der Waals surface area (Å²) in [5, 5.41) is 17.3. The number of hydrogen-bond donors (Lipinski definition) is 2. The molecule has 7 heteroatoms. The molecule has 2 aliphatic rings. The molecule has 0 bridgehead atoms. The summed E-state index contributed by atoms with van der Waals surface area (Å²) in [6.45, 7) is 1.78. The topological polar surface area (TPSA) is 84.2 Å². The van der Waals surface area contributed by atoms with Gasteiger partial charge in [-0.15, -0.1) is 0 Å². The molecule has 0 saturated heterocycles. The number of aromatic carboxylic acids is 1. The van der Waals surface area contributed by atoms with E-state index in [1.54, 1.807) is 23.9 Å². The average Bonchev–Trinajstić information content (AvgIpc) is 3.21. The van der Waals surface area contributed by atoms with Crippen molar-refractivity contribution in [3.8, 4) is 16.8 Å². The van der Waals surface area contributed by atoms with Crippen molar-refractivity contribution in [1.29, 1.82) is 0 Å². The van der Waals surface area contributed by atoms with Gasteiger partial charge in [0.15, 0.2) is 0 Å². The van der Waals surface area contributed by atoms with Crippen molar-refractivity contribution in [1.82, 2.24) is 9.78 Å². The monoisotopic (exact) mass is 469 g/mol. The number of aromatic nitrogens is 2. The molecule has 1 aliphatic carbocycles. The summed E-state index contributed by atoms with van der Waals surface area (Å²) in [6.07, 6.45) is 4.24. The Morgan fingerprint density at radius 1 is 1.18 bits per heavy atom. The molecule has 2 heterocycles. The van der Waals surface area contributed by atoms with E-state index in [2.05, 4.69) is 10.4 Å². The number of carboxylic acid groups (broad SMARTS) is 1. The molecule has 2 unspecified atom stereocenters. The van der Waals surface area contributed by atoms with Crippen LogP contribution in [0.2, 0.25) is 5.02 Å². The predicted molar refractivity (Wildman–Crippen MR) is 130 cm³/mol. The van der Waals surface area contributed by atoms with Gasteiger partial charge in [-0.2, -0.15) is 5.10 Å². The van der Waals surface area contributed by atoms with E-state index in [9.17, 15) is 14.7 Å². The van der Waals surface area contributed by atoms with Crippen LogP contribution in [-0.2, 0) is 10.2 Å². The molecule has 6 nitrogen and oxygen atoms in total. The number of amides is 1. The summed E-state index contributed by atoms with van der Waals surface area (Å²) in [4.78, 5) is 24.8. The second kappa shape index (κ2) is 7.30. The molecule has 1 spiro atoms. The molecular formula is C27H20ClN3O3. The van der Waals surface area contributed by atoms with E-state index in [0.29, 0.717) is 17.0 Å². The SMILES string of the molecule is Cc1ccc(C2CC23C(=O)Nc2cc(Cl)c(-c4ccc(-n5cccn5)cc4)cc23)cc1C(=O)O. The molecule has 1 fully saturated rings. The maximum absolute atomic E-state index is 13.1. The summed E-state index contributed by atoms with van der Waals surface area (Å²) in [5.41, 5.74) is 5.51. The van der Waals surface area contributed by atoms with Crippen molar-refractivity contribution < 1.29 is 14.7 Å². The first-order chi connectivity index (χ1) is 16.4. The van der Waals surface area contributed by atoms with Crippen LogP contribution in [0.15, 0.2) is 73.1 Å². The van der Waals surface area contributed by atoms with Gasteiger partial charge in [0.25, 0.3) is 0 Å². The minimum atomic E-state index is -0.960. The van der Waals surface area contributed by atoms with E-state index in [-0.39, 0.29) is 17.4 Å². The first kappa shape index (κ1) is 20.7. The number of carbonyl (C=O) groups is 2. The maximum atomic E-state index is 13.1. The third-order valence-electron chi connectivity index (χ3n) is 7.04. The third-order valence-corrected chi connectivity index (χ3v) is 7.36. The lowest BCUT2D eigenvalue weighted by Crippen LogP contribution is -2.21. The van der Waals surface area contributed by atoms with E-state index in [4.69, 9.17) is 11.6 Å². The molecule has 6 rings (SSSR count). The summed E-state index contributed by atoms with van der Waals surface area (Å²) < 4.78 is 1.79. The zero-order chi connectivity index (χ0) is 23.6. The highest BCUT2D eigenvalue weighted by molar-refractivity contribution is 6.34. The number of benzene rings is 3. The summed E-state index contributed by atoms with van der Waals surface area (Å²) in [7, 11) is 0. The Balaban J connectivity index is 1.39. The molecular weight excluding hydrogens is 450 g/mol. The van der Waals surface area contributed by atoms with Crippen LogP contribution in [0.25, 0.3) is 16.8 Å². The van der Waals surface area contributed by atoms with Crippen LogP contribution in [0.1, 0.15) is 39.4 Å². The molecule has 2 N–H and O–H groups in total. The standard InChI is InChI=1S/C27H20ClN3O3/c1-15-3-4-17(11-19(15)25(32)33)22-14-27(22)21-12-20(23(28)13-24(21)30-26(27)34)16-5-7-18(8-6-16)31-10-2-9-29-31/h2-13,22H,14H2,1H3,(H,30,34)(H,32,33). The Labute approximate surface area is 200 Å². The van der Waals surface area contributed by atoms with Crippen LogP contribution in [0.4, 0.5) is 5.69 Å². The lowest BCUT2D eigenvalue weighted by Gasteiger charge is -2.13. The van der Waals surface area contributed by atoms with Gasteiger partial charge >= 0.3 is 5.97 Å². The average molecular weight is 470 g/mol. The Hall–Kier alpha value is -3.90. The normalized spacial score (nSPS) is 20.3. The fourth-order valence-electron chi connectivity index (χ4n) is 5.14. The number of carbonyl (C=O) groups excluding carboxylic acids is 1. The number of nitrogens with one attached hydrogen (secondary N) is 1. The Morgan fingerprint density at radius 3 is 2.68 bits per heavy atom. The molecule has 168 valence electrons. The van der Waals surface area contributed by atoms with Crippen LogP contribution < -0.4 is 5.32 Å². The first-order valence-corrected chi connectivity index (χ1v) is 11.4. The van der Waals surface area contributed by atoms with Gasteiger partial charge in [-0.05, 0) is 72.0 Å². The maximum Gasteiger partial charge on any atom is 0.335 e.